The lowest BCUT2D eigenvalue weighted by Crippen LogP contribution is -2.12. The van der Waals surface area contributed by atoms with Crippen molar-refractivity contribution >= 4 is 34.4 Å². The van der Waals surface area contributed by atoms with Gasteiger partial charge in [-0.2, -0.15) is 0 Å². The Kier molecular flexibility index (Phi) is 7.54. The number of pyridine rings is 2. The molecule has 0 unspecified atom stereocenters. The van der Waals surface area contributed by atoms with Crippen LogP contribution >= 0.6 is 0 Å². The Morgan fingerprint density at radius 3 is 1.88 bits per heavy atom. The third kappa shape index (κ3) is 5.53. The second-order valence-electron chi connectivity index (χ2n) is 10.3. The third-order valence-corrected chi connectivity index (χ3v) is 7.29. The van der Waals surface area contributed by atoms with E-state index in [1.54, 1.807) is 94.0 Å². The van der Waals surface area contributed by atoms with Gasteiger partial charge in [-0.1, -0.05) is 67.6 Å². The second kappa shape index (κ2) is 11.7. The molecule has 43 heavy (non-hydrogen) atoms. The summed E-state index contributed by atoms with van der Waals surface area (Å²) in [5.74, 6) is -1.13. The third-order valence-electron chi connectivity index (χ3n) is 7.29. The maximum Gasteiger partial charge on any atom is 0.338 e. The summed E-state index contributed by atoms with van der Waals surface area (Å²) in [5.41, 5.74) is 4.35. The highest BCUT2D eigenvalue weighted by atomic mass is 16.5. The van der Waals surface area contributed by atoms with Gasteiger partial charge >= 0.3 is 5.97 Å². The lowest BCUT2D eigenvalue weighted by Gasteiger charge is -2.09. The van der Waals surface area contributed by atoms with Crippen LogP contribution in [0.15, 0.2) is 116 Å². The van der Waals surface area contributed by atoms with Crippen molar-refractivity contribution in [1.29, 1.82) is 0 Å². The summed E-state index contributed by atoms with van der Waals surface area (Å²) in [6.45, 7) is 2.18. The molecule has 0 N–H and O–H groups in total. The Morgan fingerprint density at radius 2 is 1.23 bits per heavy atom. The van der Waals surface area contributed by atoms with Crippen molar-refractivity contribution in [2.24, 2.45) is 0 Å². The highest BCUT2D eigenvalue weighted by Gasteiger charge is 2.21. The van der Waals surface area contributed by atoms with E-state index in [9.17, 15) is 19.2 Å². The molecule has 0 radical (unpaired) electrons. The van der Waals surface area contributed by atoms with Gasteiger partial charge in [0, 0.05) is 46.5 Å². The zero-order valence-corrected chi connectivity index (χ0v) is 23.5. The van der Waals surface area contributed by atoms with Gasteiger partial charge in [-0.25, -0.2) is 4.79 Å². The van der Waals surface area contributed by atoms with Crippen LogP contribution in [0, 0.1) is 0 Å². The SMILES string of the molecule is CCCOC(=O)c1cc(C(=O)c2ccccc2)n2cc(CC(=O)c3cc(C(=O)c4ccccc4)n4cccc4c3)cc2c1. The van der Waals surface area contributed by atoms with E-state index in [4.69, 9.17) is 4.74 Å². The van der Waals surface area contributed by atoms with Gasteiger partial charge in [-0.05, 0) is 54.4 Å². The molecule has 0 aliphatic carbocycles. The summed E-state index contributed by atoms with van der Waals surface area (Å²) in [6, 6.07) is 29.9. The van der Waals surface area contributed by atoms with Crippen LogP contribution in [0.4, 0.5) is 0 Å². The zero-order chi connectivity index (χ0) is 29.9. The maximum atomic E-state index is 13.6. The Balaban J connectivity index is 1.37. The summed E-state index contributed by atoms with van der Waals surface area (Å²) >= 11 is 0. The van der Waals surface area contributed by atoms with Gasteiger partial charge in [-0.15, -0.1) is 0 Å². The molecule has 6 rings (SSSR count). The van der Waals surface area contributed by atoms with E-state index in [0.29, 0.717) is 39.9 Å². The molecule has 0 saturated heterocycles. The molecule has 7 nitrogen and oxygen atoms in total. The minimum absolute atomic E-state index is 0.0338. The van der Waals surface area contributed by atoms with Crippen molar-refractivity contribution < 1.29 is 23.9 Å². The normalized spacial score (nSPS) is 11.1. The molecule has 0 bridgehead atoms. The predicted molar refractivity (Wildman–Crippen MR) is 163 cm³/mol. The van der Waals surface area contributed by atoms with Crippen LogP contribution in [0.1, 0.15) is 71.7 Å². The average Bonchev–Trinajstić information content (AvgIpc) is 3.69. The molecule has 6 aromatic rings. The Labute approximate surface area is 248 Å². The van der Waals surface area contributed by atoms with Crippen LogP contribution in [-0.4, -0.2) is 38.7 Å². The van der Waals surface area contributed by atoms with Crippen molar-refractivity contribution in [3.05, 3.63) is 155 Å². The summed E-state index contributed by atoms with van der Waals surface area (Å²) in [6.07, 6.45) is 4.26. The fourth-order valence-corrected chi connectivity index (χ4v) is 5.19. The molecule has 0 aliphatic rings. The fourth-order valence-electron chi connectivity index (χ4n) is 5.19. The quantitative estimate of drug-likeness (QED) is 0.137. The standard InChI is InChI=1S/C36H28N2O5/c1-2-16-43-36(42)28-20-30-17-24(23-38(30)32(22-28)35(41)26-12-7-4-8-13-26)18-33(39)27-19-29-14-9-15-37(29)31(21-27)34(40)25-10-5-3-6-11-25/h3-15,17,19-23H,2,16,18H2,1H3. The molecular weight excluding hydrogens is 540 g/mol. The number of ketones is 3. The van der Waals surface area contributed by atoms with Gasteiger partial charge in [0.2, 0.25) is 11.6 Å². The van der Waals surface area contributed by atoms with Crippen LogP contribution in [0.25, 0.3) is 11.0 Å². The van der Waals surface area contributed by atoms with Crippen molar-refractivity contribution in [3.63, 3.8) is 0 Å². The zero-order valence-electron chi connectivity index (χ0n) is 23.5. The Hall–Kier alpha value is -5.56. The molecule has 2 aromatic carbocycles. The van der Waals surface area contributed by atoms with Gasteiger partial charge in [0.15, 0.2) is 5.78 Å². The minimum atomic E-state index is -0.513. The first-order chi connectivity index (χ1) is 20.9. The van der Waals surface area contributed by atoms with Crippen molar-refractivity contribution in [3.8, 4) is 0 Å². The number of carbonyl (C=O) groups is 4. The first-order valence-corrected chi connectivity index (χ1v) is 14.1. The fraction of sp³-hybridized carbons (Fsp3) is 0.111. The minimum Gasteiger partial charge on any atom is -0.462 e. The first-order valence-electron chi connectivity index (χ1n) is 14.1. The van der Waals surface area contributed by atoms with Crippen LogP contribution in [0.5, 0.6) is 0 Å². The van der Waals surface area contributed by atoms with Crippen molar-refractivity contribution in [2.45, 2.75) is 19.8 Å². The van der Waals surface area contributed by atoms with E-state index in [2.05, 4.69) is 0 Å². The van der Waals surface area contributed by atoms with Gasteiger partial charge in [-0.3, -0.25) is 14.4 Å². The second-order valence-corrected chi connectivity index (χ2v) is 10.3. The highest BCUT2D eigenvalue weighted by Crippen LogP contribution is 2.23. The van der Waals surface area contributed by atoms with Crippen LogP contribution in [0.2, 0.25) is 0 Å². The van der Waals surface area contributed by atoms with Crippen molar-refractivity contribution in [2.75, 3.05) is 6.61 Å². The summed E-state index contributed by atoms with van der Waals surface area (Å²) < 4.78 is 8.82. The first kappa shape index (κ1) is 27.6. The molecule has 0 aliphatic heterocycles. The number of ether oxygens (including phenoxy) is 1. The Bertz CT molecular complexity index is 2000. The number of fused-ring (bicyclic) bond motifs is 2. The number of hydrogen-bond donors (Lipinski definition) is 0. The van der Waals surface area contributed by atoms with Crippen LogP contribution in [-0.2, 0) is 11.2 Å². The predicted octanol–water partition coefficient (Wildman–Crippen LogP) is 6.65. The molecule has 0 amide bonds. The molecule has 0 atom stereocenters. The van der Waals surface area contributed by atoms with Crippen LogP contribution in [0.3, 0.4) is 0 Å². The van der Waals surface area contributed by atoms with Gasteiger partial charge in [0.05, 0.1) is 23.6 Å². The number of rotatable bonds is 10. The van der Waals surface area contributed by atoms with E-state index in [-0.39, 0.29) is 41.6 Å². The highest BCUT2D eigenvalue weighted by molar-refractivity contribution is 6.11. The summed E-state index contributed by atoms with van der Waals surface area (Å²) in [7, 11) is 0. The van der Waals surface area contributed by atoms with Crippen LogP contribution < -0.4 is 0 Å². The Morgan fingerprint density at radius 1 is 0.628 bits per heavy atom. The number of nitrogens with zero attached hydrogens (tertiary/aromatic N) is 2. The van der Waals surface area contributed by atoms with Gasteiger partial charge < -0.3 is 13.5 Å². The van der Waals surface area contributed by atoms with E-state index in [0.717, 1.165) is 5.52 Å². The van der Waals surface area contributed by atoms with E-state index < -0.39 is 5.97 Å². The lowest BCUT2D eigenvalue weighted by atomic mass is 10.0. The van der Waals surface area contributed by atoms with E-state index >= 15 is 0 Å². The summed E-state index contributed by atoms with van der Waals surface area (Å²) in [5, 5.41) is 0. The molecule has 7 heteroatoms. The number of hydrogen-bond acceptors (Lipinski definition) is 5. The van der Waals surface area contributed by atoms with Crippen molar-refractivity contribution in [1.82, 2.24) is 8.80 Å². The summed E-state index contributed by atoms with van der Waals surface area (Å²) in [4.78, 5) is 53.3. The monoisotopic (exact) mass is 568 g/mol. The topological polar surface area (TPSA) is 86.3 Å². The van der Waals surface area contributed by atoms with Gasteiger partial charge in [0.1, 0.15) is 0 Å². The smallest absolute Gasteiger partial charge is 0.338 e. The molecule has 4 heterocycles. The number of Topliss-reactive ketones (excluding diaryl/α,β-unsaturated/α-hetero) is 1. The molecule has 4 aromatic heterocycles. The number of aromatic nitrogens is 2. The molecule has 0 fully saturated rings. The van der Waals surface area contributed by atoms with E-state index in [1.165, 1.54) is 6.07 Å². The van der Waals surface area contributed by atoms with E-state index in [1.807, 2.05) is 31.2 Å². The molecular formula is C36H28N2O5. The largest absolute Gasteiger partial charge is 0.462 e. The molecule has 0 spiro atoms. The molecule has 0 saturated carbocycles. The number of benzene rings is 2. The van der Waals surface area contributed by atoms with Gasteiger partial charge in [0.25, 0.3) is 0 Å². The average molecular weight is 569 g/mol. The number of carbonyl (C=O) groups excluding carboxylic acids is 4. The number of esters is 1. The lowest BCUT2D eigenvalue weighted by molar-refractivity contribution is 0.0505. The maximum absolute atomic E-state index is 13.6. The molecule has 212 valence electrons.